The van der Waals surface area contributed by atoms with Gasteiger partial charge in [-0.15, -0.1) is 0 Å². The molecular weight excluding hydrogens is 481 g/mol. The van der Waals surface area contributed by atoms with E-state index in [4.69, 9.17) is 19.9 Å². The fourth-order valence-electron chi connectivity index (χ4n) is 4.00. The van der Waals surface area contributed by atoms with Gasteiger partial charge in [-0.1, -0.05) is 18.2 Å². The van der Waals surface area contributed by atoms with Gasteiger partial charge in [0.25, 0.3) is 0 Å². The number of hydrogen-bond acceptors (Lipinski definition) is 6. The van der Waals surface area contributed by atoms with Crippen molar-refractivity contribution in [2.75, 3.05) is 7.11 Å². The van der Waals surface area contributed by atoms with Gasteiger partial charge in [0.05, 0.1) is 17.5 Å². The van der Waals surface area contributed by atoms with E-state index in [0.29, 0.717) is 51.9 Å². The van der Waals surface area contributed by atoms with Crippen LogP contribution in [0.1, 0.15) is 36.3 Å². The predicted octanol–water partition coefficient (Wildman–Crippen LogP) is 4.63. The molecule has 1 aliphatic carbocycles. The van der Waals surface area contributed by atoms with Gasteiger partial charge in [-0.3, -0.25) is 4.79 Å². The molecule has 0 amide bonds. The van der Waals surface area contributed by atoms with E-state index in [2.05, 4.69) is 15.9 Å². The Morgan fingerprint density at radius 1 is 1.25 bits per heavy atom. The van der Waals surface area contributed by atoms with Crippen LogP contribution in [0.25, 0.3) is 0 Å². The van der Waals surface area contributed by atoms with Gasteiger partial charge >= 0.3 is 5.97 Å². The Labute approximate surface area is 193 Å². The van der Waals surface area contributed by atoms with Gasteiger partial charge < -0.3 is 19.9 Å². The Morgan fingerprint density at radius 2 is 2.06 bits per heavy atom. The normalized spacial score (nSPS) is 18.2. The second kappa shape index (κ2) is 9.16. The van der Waals surface area contributed by atoms with Crippen LogP contribution in [0.15, 0.2) is 69.7 Å². The Bertz CT molecular complexity index is 1160. The molecule has 0 spiro atoms. The highest BCUT2D eigenvalue weighted by Gasteiger charge is 2.41. The first-order valence-electron chi connectivity index (χ1n) is 10.1. The number of methoxy groups -OCH3 is 1. The summed E-state index contributed by atoms with van der Waals surface area (Å²) in [7, 11) is 1.26. The molecule has 0 bridgehead atoms. The minimum absolute atomic E-state index is 0.0575. The highest BCUT2D eigenvalue weighted by Crippen LogP contribution is 2.45. The zero-order valence-corrected chi connectivity index (χ0v) is 18.9. The second-order valence-corrected chi connectivity index (χ2v) is 8.38. The molecule has 2 aromatic carbocycles. The van der Waals surface area contributed by atoms with E-state index in [1.165, 1.54) is 19.2 Å². The summed E-state index contributed by atoms with van der Waals surface area (Å²) < 4.78 is 30.4. The molecule has 0 fully saturated rings. The van der Waals surface area contributed by atoms with Crippen molar-refractivity contribution in [1.29, 1.82) is 0 Å². The number of carbonyl (C=O) groups is 2. The van der Waals surface area contributed by atoms with Gasteiger partial charge in [0.2, 0.25) is 5.88 Å². The Hall–Kier alpha value is -3.13. The fourth-order valence-corrected chi connectivity index (χ4v) is 4.51. The molecule has 0 unspecified atom stereocenters. The molecule has 0 aromatic heterocycles. The van der Waals surface area contributed by atoms with Crippen molar-refractivity contribution >= 4 is 27.7 Å². The summed E-state index contributed by atoms with van der Waals surface area (Å²) in [6, 6.07) is 11.4. The highest BCUT2D eigenvalue weighted by molar-refractivity contribution is 9.10. The summed E-state index contributed by atoms with van der Waals surface area (Å²) >= 11 is 3.50. The number of ether oxygens (including phenoxy) is 3. The minimum atomic E-state index is -0.701. The van der Waals surface area contributed by atoms with Crippen LogP contribution in [-0.4, -0.2) is 18.9 Å². The lowest BCUT2D eigenvalue weighted by atomic mass is 9.77. The van der Waals surface area contributed by atoms with Crippen molar-refractivity contribution < 1.29 is 28.2 Å². The summed E-state index contributed by atoms with van der Waals surface area (Å²) in [4.78, 5) is 25.3. The number of benzene rings is 2. The van der Waals surface area contributed by atoms with Gasteiger partial charge in [0.15, 0.2) is 5.78 Å². The molecule has 1 atom stereocenters. The quantitative estimate of drug-likeness (QED) is 0.600. The molecule has 8 heteroatoms. The van der Waals surface area contributed by atoms with Gasteiger partial charge in [0.1, 0.15) is 29.5 Å². The molecular formula is C24H21BrFNO5. The Morgan fingerprint density at radius 3 is 2.78 bits per heavy atom. The maximum Gasteiger partial charge on any atom is 0.340 e. The molecule has 2 aromatic rings. The third-order valence-electron chi connectivity index (χ3n) is 5.46. The lowest BCUT2D eigenvalue weighted by Gasteiger charge is -2.32. The number of rotatable bonds is 5. The molecule has 1 aliphatic heterocycles. The van der Waals surface area contributed by atoms with Crippen LogP contribution in [0.5, 0.6) is 5.75 Å². The van der Waals surface area contributed by atoms with Crippen molar-refractivity contribution in [1.82, 2.24) is 0 Å². The first kappa shape index (κ1) is 22.1. The molecule has 6 nitrogen and oxygen atoms in total. The molecule has 1 heterocycles. The zero-order chi connectivity index (χ0) is 22.8. The summed E-state index contributed by atoms with van der Waals surface area (Å²) in [5, 5.41) is 0. The number of carbonyl (C=O) groups excluding carboxylic acids is 2. The number of hydrogen-bond donors (Lipinski definition) is 1. The van der Waals surface area contributed by atoms with Crippen LogP contribution in [0.3, 0.4) is 0 Å². The molecule has 32 heavy (non-hydrogen) atoms. The van der Waals surface area contributed by atoms with Crippen molar-refractivity contribution in [3.05, 3.63) is 86.7 Å². The molecule has 2 aliphatic rings. The van der Waals surface area contributed by atoms with Crippen LogP contribution in [-0.2, 0) is 25.7 Å². The van der Waals surface area contributed by atoms with Crippen LogP contribution in [0, 0.1) is 5.82 Å². The maximum absolute atomic E-state index is 13.4. The summed E-state index contributed by atoms with van der Waals surface area (Å²) in [5.74, 6) is -0.788. The number of nitrogens with two attached hydrogens (primary N) is 1. The molecule has 0 saturated heterocycles. The first-order chi connectivity index (χ1) is 15.4. The van der Waals surface area contributed by atoms with E-state index in [-0.39, 0.29) is 29.7 Å². The minimum Gasteiger partial charge on any atom is -0.488 e. The van der Waals surface area contributed by atoms with Crippen molar-refractivity contribution in [3.63, 3.8) is 0 Å². The van der Waals surface area contributed by atoms with Crippen LogP contribution >= 0.6 is 15.9 Å². The summed E-state index contributed by atoms with van der Waals surface area (Å²) in [6.07, 6.45) is 1.62. The second-order valence-electron chi connectivity index (χ2n) is 7.53. The van der Waals surface area contributed by atoms with Crippen molar-refractivity contribution in [2.45, 2.75) is 31.8 Å². The number of halogens is 2. The van der Waals surface area contributed by atoms with Crippen LogP contribution in [0.2, 0.25) is 0 Å². The average Bonchev–Trinajstić information content (AvgIpc) is 2.77. The monoisotopic (exact) mass is 501 g/mol. The smallest absolute Gasteiger partial charge is 0.340 e. The van der Waals surface area contributed by atoms with Gasteiger partial charge in [-0.25, -0.2) is 9.18 Å². The van der Waals surface area contributed by atoms with Crippen LogP contribution in [0.4, 0.5) is 4.39 Å². The van der Waals surface area contributed by atoms with Crippen molar-refractivity contribution in [2.24, 2.45) is 5.73 Å². The number of Topliss-reactive ketones (excluding diaryl/α,β-unsaturated/α-hetero) is 1. The Kier molecular flexibility index (Phi) is 6.32. The molecule has 2 N–H and O–H groups in total. The lowest BCUT2D eigenvalue weighted by Crippen LogP contribution is -2.31. The van der Waals surface area contributed by atoms with E-state index in [0.717, 1.165) is 0 Å². The van der Waals surface area contributed by atoms with Gasteiger partial charge in [-0.05, 0) is 57.7 Å². The number of esters is 1. The van der Waals surface area contributed by atoms with E-state index >= 15 is 0 Å². The SMILES string of the molecule is COC(=O)C1=C(N)OC2=C(C(=O)CCC2)[C@H]1c1ccc(OCc2cccc(F)c2)c(Br)c1. The lowest BCUT2D eigenvalue weighted by molar-refractivity contribution is -0.136. The zero-order valence-electron chi connectivity index (χ0n) is 17.3. The molecule has 0 saturated carbocycles. The molecule has 4 rings (SSSR count). The summed E-state index contributed by atoms with van der Waals surface area (Å²) in [6.45, 7) is 0.182. The number of allylic oxidation sites excluding steroid dienone is 2. The maximum atomic E-state index is 13.4. The first-order valence-corrected chi connectivity index (χ1v) is 10.9. The van der Waals surface area contributed by atoms with Crippen LogP contribution < -0.4 is 10.5 Å². The third kappa shape index (κ3) is 4.27. The van der Waals surface area contributed by atoms with E-state index in [9.17, 15) is 14.0 Å². The van der Waals surface area contributed by atoms with E-state index < -0.39 is 11.9 Å². The average molecular weight is 502 g/mol. The fraction of sp³-hybridized carbons (Fsp3) is 0.250. The topological polar surface area (TPSA) is 87.9 Å². The third-order valence-corrected chi connectivity index (χ3v) is 6.08. The number of ketones is 1. The van der Waals surface area contributed by atoms with E-state index in [1.54, 1.807) is 30.3 Å². The highest BCUT2D eigenvalue weighted by atomic mass is 79.9. The predicted molar refractivity (Wildman–Crippen MR) is 118 cm³/mol. The van der Waals surface area contributed by atoms with E-state index in [1.807, 2.05) is 0 Å². The molecule has 166 valence electrons. The van der Waals surface area contributed by atoms with Gasteiger partial charge in [0, 0.05) is 18.4 Å². The molecule has 0 radical (unpaired) electrons. The van der Waals surface area contributed by atoms with Gasteiger partial charge in [-0.2, -0.15) is 0 Å². The largest absolute Gasteiger partial charge is 0.488 e. The standard InChI is InChI=1S/C24H21BrFNO5/c1-30-24(29)22-20(21-17(28)6-3-7-19(21)32-23(22)27)14-8-9-18(16(25)11-14)31-12-13-4-2-5-15(26)10-13/h2,4-5,8-11,20H,3,6-7,12,27H2,1H3/t20-/m1/s1. The van der Waals surface area contributed by atoms with Crippen molar-refractivity contribution in [3.8, 4) is 5.75 Å². The summed E-state index contributed by atoms with van der Waals surface area (Å²) in [5.41, 5.74) is 7.97. The Balaban J connectivity index is 1.68.